The van der Waals surface area contributed by atoms with Crippen LogP contribution in [0.25, 0.3) is 0 Å². The van der Waals surface area contributed by atoms with Crippen LogP contribution in [0.15, 0.2) is 36.7 Å². The Hall–Kier alpha value is -5.76. The molecule has 2 saturated heterocycles. The van der Waals surface area contributed by atoms with Gasteiger partial charge in [0.1, 0.15) is 35.1 Å². The van der Waals surface area contributed by atoms with Gasteiger partial charge in [-0.15, -0.1) is 0 Å². The van der Waals surface area contributed by atoms with Gasteiger partial charge in [-0.1, -0.05) is 53.4 Å². The Labute approximate surface area is 316 Å². The van der Waals surface area contributed by atoms with Crippen LogP contribution in [-0.4, -0.2) is 93.1 Å². The van der Waals surface area contributed by atoms with Crippen LogP contribution < -0.4 is 10.6 Å². The van der Waals surface area contributed by atoms with Gasteiger partial charge in [-0.2, -0.15) is 0 Å². The molecule has 286 valence electrons. The van der Waals surface area contributed by atoms with Crippen LogP contribution in [0.4, 0.5) is 9.59 Å². The number of amides is 4. The molecule has 2 aromatic heterocycles. The molecule has 0 spiro atoms. The number of rotatable bonds is 8. The van der Waals surface area contributed by atoms with E-state index in [-0.39, 0.29) is 47.6 Å². The first-order valence-corrected chi connectivity index (χ1v) is 18.3. The third kappa shape index (κ3) is 9.42. The maximum atomic E-state index is 13.6. The summed E-state index contributed by atoms with van der Waals surface area (Å²) in [7, 11) is 2.56. The fourth-order valence-corrected chi connectivity index (χ4v) is 6.91. The summed E-state index contributed by atoms with van der Waals surface area (Å²) in [6.07, 6.45) is 3.68. The van der Waals surface area contributed by atoms with Crippen molar-refractivity contribution in [3.05, 3.63) is 70.8 Å². The molecule has 6 atom stereocenters. The summed E-state index contributed by atoms with van der Waals surface area (Å²) >= 11 is 0. The smallest absolute Gasteiger partial charge is 0.407 e. The maximum Gasteiger partial charge on any atom is 0.407 e. The van der Waals surface area contributed by atoms with E-state index in [1.165, 1.54) is 14.2 Å². The third-order valence-corrected chi connectivity index (χ3v) is 9.75. The molecule has 0 bridgehead atoms. The molecule has 2 aliphatic rings. The average Bonchev–Trinajstić information content (AvgIpc) is 3.97. The van der Waals surface area contributed by atoms with E-state index in [9.17, 15) is 19.2 Å². The van der Waals surface area contributed by atoms with Gasteiger partial charge in [0, 0.05) is 36.6 Å². The minimum absolute atomic E-state index is 0.125. The number of likely N-dealkylation sites (tertiary alicyclic amines) is 2. The quantitative estimate of drug-likeness (QED) is 0.244. The number of hydrogen-bond acceptors (Lipinski definition) is 8. The Balaban J connectivity index is 1.23. The summed E-state index contributed by atoms with van der Waals surface area (Å²) in [5.74, 6) is 13.8. The van der Waals surface area contributed by atoms with Crippen LogP contribution in [0.3, 0.4) is 0 Å². The lowest BCUT2D eigenvalue weighted by atomic mass is 10.0. The van der Waals surface area contributed by atoms with Gasteiger partial charge < -0.3 is 39.9 Å². The molecule has 14 nitrogen and oxygen atoms in total. The standard InChI is InChI=1S/C40H50N8O6/c1-23(2)33(45-39(51)53-7)37(49)47-21-25(5)17-31(47)35-41-19-29(43-35)15-13-27-9-11-28(12-10-27)14-16-30-20-42-36(44-30)32-18-26(6)22-48(32)38(50)34(24(3)4)46-40(52)54-8/h9-12,19-20,23-26,31-34H,17-18,21-22H2,1-8H3,(H,41,43)(H,42,44)(H,45,51)(H,46,52)/t25-,26-,31-,32+,33-,34-/m0/s1. The van der Waals surface area contributed by atoms with Crippen LogP contribution >= 0.6 is 0 Å². The second-order valence-corrected chi connectivity index (χ2v) is 14.8. The van der Waals surface area contributed by atoms with Crippen molar-refractivity contribution in [1.29, 1.82) is 0 Å². The zero-order valence-corrected chi connectivity index (χ0v) is 32.1. The first-order valence-electron chi connectivity index (χ1n) is 18.3. The highest BCUT2D eigenvalue weighted by atomic mass is 16.5. The van der Waals surface area contributed by atoms with E-state index >= 15 is 0 Å². The number of alkyl carbamates (subject to hydrolysis) is 2. The minimum Gasteiger partial charge on any atom is -0.453 e. The summed E-state index contributed by atoms with van der Waals surface area (Å²) in [6, 6.07) is 5.59. The number of hydrogen-bond donors (Lipinski definition) is 4. The number of aromatic nitrogens is 4. The topological polar surface area (TPSA) is 175 Å². The highest BCUT2D eigenvalue weighted by molar-refractivity contribution is 5.87. The molecule has 54 heavy (non-hydrogen) atoms. The van der Waals surface area contributed by atoms with E-state index in [4.69, 9.17) is 19.4 Å². The van der Waals surface area contributed by atoms with Crippen molar-refractivity contribution in [3.63, 3.8) is 0 Å². The monoisotopic (exact) mass is 738 g/mol. The molecule has 2 fully saturated rings. The molecule has 4 N–H and O–H groups in total. The number of nitrogens with one attached hydrogen (secondary N) is 4. The number of aromatic amines is 2. The minimum atomic E-state index is -0.713. The van der Waals surface area contributed by atoms with Crippen molar-refractivity contribution in [2.45, 2.75) is 78.6 Å². The molecule has 0 aliphatic carbocycles. The number of benzene rings is 1. The Morgan fingerprint density at radius 3 is 1.39 bits per heavy atom. The molecular weight excluding hydrogens is 688 g/mol. The first kappa shape index (κ1) is 39.4. The number of carbonyl (C=O) groups is 4. The molecular formula is C40H50N8O6. The second-order valence-electron chi connectivity index (χ2n) is 14.8. The Bertz CT molecular complexity index is 1810. The average molecular weight is 739 g/mol. The fourth-order valence-electron chi connectivity index (χ4n) is 6.91. The number of methoxy groups -OCH3 is 2. The third-order valence-electron chi connectivity index (χ3n) is 9.75. The van der Waals surface area contributed by atoms with Crippen molar-refractivity contribution in [1.82, 2.24) is 40.4 Å². The zero-order chi connectivity index (χ0) is 39.1. The van der Waals surface area contributed by atoms with Crippen LogP contribution in [-0.2, 0) is 19.1 Å². The summed E-state index contributed by atoms with van der Waals surface area (Å²) in [6.45, 7) is 12.8. The molecule has 1 aromatic carbocycles. The lowest BCUT2D eigenvalue weighted by Gasteiger charge is -2.30. The van der Waals surface area contributed by atoms with E-state index < -0.39 is 24.3 Å². The molecule has 3 aromatic rings. The predicted molar refractivity (Wildman–Crippen MR) is 200 cm³/mol. The predicted octanol–water partition coefficient (Wildman–Crippen LogP) is 4.51. The number of nitrogens with zero attached hydrogens (tertiary/aromatic N) is 4. The van der Waals surface area contributed by atoms with E-state index in [1.807, 2.05) is 52.0 Å². The molecule has 4 heterocycles. The Kier molecular flexibility index (Phi) is 12.7. The highest BCUT2D eigenvalue weighted by Crippen LogP contribution is 2.36. The van der Waals surface area contributed by atoms with E-state index in [2.05, 4.69) is 58.1 Å². The van der Waals surface area contributed by atoms with E-state index in [1.54, 1.807) is 22.2 Å². The summed E-state index contributed by atoms with van der Waals surface area (Å²) < 4.78 is 9.49. The Morgan fingerprint density at radius 2 is 1.06 bits per heavy atom. The largest absolute Gasteiger partial charge is 0.453 e. The maximum absolute atomic E-state index is 13.6. The summed E-state index contributed by atoms with van der Waals surface area (Å²) in [4.78, 5) is 70.4. The van der Waals surface area contributed by atoms with Crippen molar-refractivity contribution in [2.75, 3.05) is 27.3 Å². The number of H-pyrrole nitrogens is 2. The van der Waals surface area contributed by atoms with Gasteiger partial charge in [0.15, 0.2) is 0 Å². The van der Waals surface area contributed by atoms with Gasteiger partial charge in [0.05, 0.1) is 26.3 Å². The van der Waals surface area contributed by atoms with Crippen molar-refractivity contribution in [2.24, 2.45) is 23.7 Å². The molecule has 0 saturated carbocycles. The summed E-state index contributed by atoms with van der Waals surface area (Å²) in [5.41, 5.74) is 2.68. The lowest BCUT2D eigenvalue weighted by molar-refractivity contribution is -0.136. The molecule has 0 radical (unpaired) electrons. The Morgan fingerprint density at radius 1 is 0.685 bits per heavy atom. The molecule has 0 unspecified atom stereocenters. The van der Waals surface area contributed by atoms with Gasteiger partial charge in [-0.25, -0.2) is 19.6 Å². The molecule has 4 amide bonds. The number of ether oxygens (including phenoxy) is 2. The summed E-state index contributed by atoms with van der Waals surface area (Å²) in [5, 5.41) is 5.36. The molecule has 2 aliphatic heterocycles. The normalized spacial score (nSPS) is 20.4. The van der Waals surface area contributed by atoms with Gasteiger partial charge in [-0.3, -0.25) is 9.59 Å². The van der Waals surface area contributed by atoms with Gasteiger partial charge in [0.25, 0.3) is 0 Å². The van der Waals surface area contributed by atoms with Crippen LogP contribution in [0.1, 0.15) is 101 Å². The van der Waals surface area contributed by atoms with Crippen molar-refractivity contribution >= 4 is 24.0 Å². The lowest BCUT2D eigenvalue weighted by Crippen LogP contribution is -2.51. The molecule has 5 rings (SSSR count). The number of carbonyl (C=O) groups excluding carboxylic acids is 4. The van der Waals surface area contributed by atoms with Crippen LogP contribution in [0.2, 0.25) is 0 Å². The number of imidazole rings is 2. The van der Waals surface area contributed by atoms with Crippen molar-refractivity contribution < 1.29 is 28.7 Å². The zero-order valence-electron chi connectivity index (χ0n) is 32.1. The van der Waals surface area contributed by atoms with Gasteiger partial charge in [-0.05, 0) is 72.6 Å². The van der Waals surface area contributed by atoms with E-state index in [0.717, 1.165) is 24.0 Å². The first-order chi connectivity index (χ1) is 25.8. The van der Waals surface area contributed by atoms with Gasteiger partial charge >= 0.3 is 12.2 Å². The van der Waals surface area contributed by atoms with Gasteiger partial charge in [0.2, 0.25) is 11.8 Å². The fraction of sp³-hybridized carbons (Fsp3) is 0.500. The molecule has 14 heteroatoms. The van der Waals surface area contributed by atoms with E-state index in [0.29, 0.717) is 36.1 Å². The second kappa shape index (κ2) is 17.4. The highest BCUT2D eigenvalue weighted by Gasteiger charge is 2.41. The van der Waals surface area contributed by atoms with Crippen molar-refractivity contribution in [3.8, 4) is 23.7 Å². The SMILES string of the molecule is COC(=O)N[C@H](C(=O)N1C[C@@H](C)C[C@@H]1c1nc(C#Cc2ccc(C#Cc3c[nH]c([C@@H]4C[C@H](C)CN4C(=O)[C@@H](NC(=O)OC)C(C)C)n3)cc2)c[nH]1)C(C)C. The van der Waals surface area contributed by atoms with Crippen LogP contribution in [0.5, 0.6) is 0 Å². The van der Waals surface area contributed by atoms with Crippen LogP contribution in [0, 0.1) is 47.4 Å².